The number of sulfonamides is 1. The number of benzene rings is 2. The van der Waals surface area contributed by atoms with Gasteiger partial charge in [0, 0.05) is 11.1 Å². The zero-order valence-corrected chi connectivity index (χ0v) is 20.4. The highest BCUT2D eigenvalue weighted by Crippen LogP contribution is 2.22. The number of nitrogens with one attached hydrogen (secondary N) is 1. The molecule has 0 atom stereocenters. The van der Waals surface area contributed by atoms with E-state index < -0.39 is 16.0 Å². The summed E-state index contributed by atoms with van der Waals surface area (Å²) in [5.41, 5.74) is 1.59. The van der Waals surface area contributed by atoms with Gasteiger partial charge in [-0.15, -0.1) is 0 Å². The van der Waals surface area contributed by atoms with Gasteiger partial charge in [0.15, 0.2) is 5.78 Å². The minimum atomic E-state index is -3.73. The van der Waals surface area contributed by atoms with Crippen LogP contribution in [0.5, 0.6) is 0 Å². The lowest BCUT2D eigenvalue weighted by molar-refractivity contribution is 0.0697. The van der Waals surface area contributed by atoms with Crippen LogP contribution in [0.4, 0.5) is 5.69 Å². The second-order valence-electron chi connectivity index (χ2n) is 8.38. The van der Waals surface area contributed by atoms with Gasteiger partial charge in [0.25, 0.3) is 0 Å². The number of unbranched alkanes of at least 4 members (excludes halogenated alkanes) is 6. The van der Waals surface area contributed by atoms with Crippen molar-refractivity contribution < 1.29 is 23.1 Å². The normalized spacial score (nSPS) is 11.3. The molecular formula is C26H35NO5S. The average molecular weight is 474 g/mol. The number of hydrogen-bond acceptors (Lipinski definition) is 4. The SMILES string of the molecule is CCCCCCCCS(=O)(=O)Nc1cc(C(=O)c2ccc(CCCC)cc2)ccc1C(=O)O. The molecule has 0 amide bonds. The summed E-state index contributed by atoms with van der Waals surface area (Å²) < 4.78 is 27.5. The number of aryl methyl sites for hydroxylation is 1. The van der Waals surface area contributed by atoms with Gasteiger partial charge in [-0.2, -0.15) is 0 Å². The minimum Gasteiger partial charge on any atom is -0.478 e. The van der Waals surface area contributed by atoms with Crippen LogP contribution in [0.15, 0.2) is 42.5 Å². The molecule has 6 nitrogen and oxygen atoms in total. The van der Waals surface area contributed by atoms with E-state index in [1.54, 1.807) is 12.1 Å². The fraction of sp³-hybridized carbons (Fsp3) is 0.462. The number of carboxylic acids is 1. The first-order valence-electron chi connectivity index (χ1n) is 11.8. The molecule has 0 spiro atoms. The van der Waals surface area contributed by atoms with Gasteiger partial charge in [0.05, 0.1) is 17.0 Å². The summed E-state index contributed by atoms with van der Waals surface area (Å²) in [6.45, 7) is 4.24. The van der Waals surface area contributed by atoms with Gasteiger partial charge in [-0.25, -0.2) is 13.2 Å². The zero-order valence-electron chi connectivity index (χ0n) is 19.6. The molecule has 0 fully saturated rings. The molecule has 0 aromatic heterocycles. The summed E-state index contributed by atoms with van der Waals surface area (Å²) in [5, 5.41) is 9.49. The van der Waals surface area contributed by atoms with Crippen molar-refractivity contribution >= 4 is 27.5 Å². The summed E-state index contributed by atoms with van der Waals surface area (Å²) in [6.07, 6.45) is 8.74. The summed E-state index contributed by atoms with van der Waals surface area (Å²) in [6, 6.07) is 11.3. The lowest BCUT2D eigenvalue weighted by atomic mass is 9.99. The molecule has 0 unspecified atom stereocenters. The second kappa shape index (κ2) is 13.1. The van der Waals surface area contributed by atoms with E-state index in [1.165, 1.54) is 18.2 Å². The summed E-state index contributed by atoms with van der Waals surface area (Å²) >= 11 is 0. The Hall–Kier alpha value is -2.67. The standard InChI is InChI=1S/C26H35NO5S/c1-3-5-7-8-9-10-18-33(31,32)27-24-19-22(16-17-23(24)26(29)30)25(28)21-14-12-20(13-15-21)11-6-4-2/h12-17,19,27H,3-11,18H2,1-2H3,(H,29,30). The fourth-order valence-corrected chi connectivity index (χ4v) is 4.81. The van der Waals surface area contributed by atoms with Crippen LogP contribution in [0.2, 0.25) is 0 Å². The minimum absolute atomic E-state index is 0.0844. The Morgan fingerprint density at radius 1 is 0.818 bits per heavy atom. The molecule has 0 saturated carbocycles. The molecule has 7 heteroatoms. The van der Waals surface area contributed by atoms with E-state index in [0.29, 0.717) is 12.0 Å². The van der Waals surface area contributed by atoms with Crippen LogP contribution in [-0.4, -0.2) is 31.0 Å². The largest absolute Gasteiger partial charge is 0.478 e. The monoisotopic (exact) mass is 473 g/mol. The first kappa shape index (κ1) is 26.6. The lowest BCUT2D eigenvalue weighted by Crippen LogP contribution is -2.19. The van der Waals surface area contributed by atoms with Gasteiger partial charge in [-0.3, -0.25) is 9.52 Å². The predicted molar refractivity (Wildman–Crippen MR) is 133 cm³/mol. The zero-order chi connectivity index (χ0) is 24.3. The third kappa shape index (κ3) is 8.65. The number of carboxylic acid groups (broad SMARTS) is 1. The fourth-order valence-electron chi connectivity index (χ4n) is 3.62. The highest BCUT2D eigenvalue weighted by Gasteiger charge is 2.19. The summed E-state index contributed by atoms with van der Waals surface area (Å²) in [7, 11) is -3.73. The van der Waals surface area contributed by atoms with Crippen molar-refractivity contribution in [1.29, 1.82) is 0 Å². The molecule has 180 valence electrons. The Morgan fingerprint density at radius 2 is 1.42 bits per heavy atom. The number of carbonyl (C=O) groups excluding carboxylic acids is 1. The van der Waals surface area contributed by atoms with Gasteiger partial charge in [0.2, 0.25) is 10.0 Å². The number of hydrogen-bond donors (Lipinski definition) is 2. The van der Waals surface area contributed by atoms with Crippen LogP contribution in [0.3, 0.4) is 0 Å². The van der Waals surface area contributed by atoms with Crippen LogP contribution in [-0.2, 0) is 16.4 Å². The van der Waals surface area contributed by atoms with Gasteiger partial charge in [0.1, 0.15) is 0 Å². The molecular weight excluding hydrogens is 438 g/mol. The van der Waals surface area contributed by atoms with Crippen LogP contribution < -0.4 is 4.72 Å². The average Bonchev–Trinajstić information content (AvgIpc) is 2.79. The predicted octanol–water partition coefficient (Wildman–Crippen LogP) is 6.06. The van der Waals surface area contributed by atoms with Gasteiger partial charge in [-0.1, -0.05) is 82.7 Å². The number of ketones is 1. The van der Waals surface area contributed by atoms with E-state index >= 15 is 0 Å². The highest BCUT2D eigenvalue weighted by atomic mass is 32.2. The Morgan fingerprint density at radius 3 is 2.06 bits per heavy atom. The molecule has 0 heterocycles. The Labute approximate surface area is 197 Å². The van der Waals surface area contributed by atoms with Crippen molar-refractivity contribution in [2.24, 2.45) is 0 Å². The van der Waals surface area contributed by atoms with E-state index in [-0.39, 0.29) is 28.4 Å². The van der Waals surface area contributed by atoms with Crippen LogP contribution in [0, 0.1) is 0 Å². The molecule has 2 aromatic carbocycles. The van der Waals surface area contributed by atoms with E-state index in [1.807, 2.05) is 12.1 Å². The van der Waals surface area contributed by atoms with Crippen molar-refractivity contribution in [1.82, 2.24) is 0 Å². The van der Waals surface area contributed by atoms with Gasteiger partial charge >= 0.3 is 5.97 Å². The van der Waals surface area contributed by atoms with E-state index in [0.717, 1.165) is 56.9 Å². The van der Waals surface area contributed by atoms with Crippen LogP contribution >= 0.6 is 0 Å². The maximum atomic E-state index is 12.9. The molecule has 0 aliphatic rings. The maximum absolute atomic E-state index is 12.9. The van der Waals surface area contributed by atoms with E-state index in [9.17, 15) is 23.1 Å². The molecule has 0 bridgehead atoms. The molecule has 0 aliphatic carbocycles. The molecule has 33 heavy (non-hydrogen) atoms. The van der Waals surface area contributed by atoms with Crippen LogP contribution in [0.1, 0.15) is 97.1 Å². The molecule has 2 rings (SSSR count). The first-order valence-corrected chi connectivity index (χ1v) is 13.4. The molecule has 0 aliphatic heterocycles. The smallest absolute Gasteiger partial charge is 0.337 e. The second-order valence-corrected chi connectivity index (χ2v) is 10.2. The van der Waals surface area contributed by atoms with E-state index in [2.05, 4.69) is 18.6 Å². The highest BCUT2D eigenvalue weighted by molar-refractivity contribution is 7.92. The van der Waals surface area contributed by atoms with Crippen molar-refractivity contribution in [2.75, 3.05) is 10.5 Å². The molecule has 0 radical (unpaired) electrons. The molecule has 2 aromatic rings. The van der Waals surface area contributed by atoms with Crippen molar-refractivity contribution in [3.8, 4) is 0 Å². The van der Waals surface area contributed by atoms with Crippen LogP contribution in [0.25, 0.3) is 0 Å². The number of carbonyl (C=O) groups is 2. The van der Waals surface area contributed by atoms with Gasteiger partial charge in [-0.05, 0) is 37.0 Å². The number of aromatic carboxylic acids is 1. The Bertz CT molecular complexity index is 1030. The van der Waals surface area contributed by atoms with E-state index in [4.69, 9.17) is 0 Å². The van der Waals surface area contributed by atoms with Gasteiger partial charge < -0.3 is 5.11 Å². The third-order valence-corrected chi connectivity index (χ3v) is 6.94. The summed E-state index contributed by atoms with van der Waals surface area (Å²) in [5.74, 6) is -1.63. The van der Waals surface area contributed by atoms with Crippen molar-refractivity contribution in [2.45, 2.75) is 71.6 Å². The molecule has 2 N–H and O–H groups in total. The first-order chi connectivity index (χ1) is 15.8. The van der Waals surface area contributed by atoms with Crippen molar-refractivity contribution in [3.63, 3.8) is 0 Å². The number of anilines is 1. The Kier molecular flexibility index (Phi) is 10.6. The maximum Gasteiger partial charge on any atom is 0.337 e. The molecule has 0 saturated heterocycles. The number of rotatable bonds is 15. The quantitative estimate of drug-likeness (QED) is 0.242. The third-order valence-electron chi connectivity index (χ3n) is 5.58. The topological polar surface area (TPSA) is 101 Å². The van der Waals surface area contributed by atoms with Crippen molar-refractivity contribution in [3.05, 3.63) is 64.7 Å². The lowest BCUT2D eigenvalue weighted by Gasteiger charge is -2.12. The Balaban J connectivity index is 2.15. The summed E-state index contributed by atoms with van der Waals surface area (Å²) in [4.78, 5) is 24.6.